The molecule has 142 valence electrons. The molecule has 3 aromatic rings. The van der Waals surface area contributed by atoms with Crippen LogP contribution >= 0.6 is 11.6 Å². The van der Waals surface area contributed by atoms with E-state index in [-0.39, 0.29) is 18.0 Å². The van der Waals surface area contributed by atoms with Crippen molar-refractivity contribution in [3.05, 3.63) is 89.0 Å². The Balaban J connectivity index is 1.43. The number of hydrogen-bond donors (Lipinski definition) is 0. The van der Waals surface area contributed by atoms with Crippen LogP contribution in [0.2, 0.25) is 5.02 Å². The fraction of sp³-hybridized carbons (Fsp3) is 0.273. The average Bonchev–Trinajstić information content (AvgIpc) is 3.33. The zero-order valence-corrected chi connectivity index (χ0v) is 16.2. The van der Waals surface area contributed by atoms with E-state index in [0.717, 1.165) is 36.0 Å². The maximum absolute atomic E-state index is 13.2. The molecule has 1 aromatic carbocycles. The van der Waals surface area contributed by atoms with Crippen molar-refractivity contribution in [3.8, 4) is 0 Å². The Morgan fingerprint density at radius 3 is 2.71 bits per heavy atom. The maximum Gasteiger partial charge on any atom is 0.271 e. The number of likely N-dealkylation sites (tertiary alicyclic amines) is 1. The maximum atomic E-state index is 13.2. The zero-order chi connectivity index (χ0) is 19.1. The van der Waals surface area contributed by atoms with Crippen molar-refractivity contribution >= 4 is 17.5 Å². The van der Waals surface area contributed by atoms with Gasteiger partial charge in [0.1, 0.15) is 5.69 Å². The summed E-state index contributed by atoms with van der Waals surface area (Å²) < 4.78 is 2.15. The lowest BCUT2D eigenvalue weighted by molar-refractivity contribution is 0.0553. The van der Waals surface area contributed by atoms with E-state index in [2.05, 4.69) is 20.5 Å². The monoisotopic (exact) mass is 392 g/mol. The predicted molar refractivity (Wildman–Crippen MR) is 108 cm³/mol. The van der Waals surface area contributed by atoms with Crippen LogP contribution in [0.5, 0.6) is 0 Å². The fourth-order valence-corrected chi connectivity index (χ4v) is 4.68. The molecule has 2 aliphatic heterocycles. The second kappa shape index (κ2) is 7.08. The van der Waals surface area contributed by atoms with Crippen LogP contribution < -0.4 is 0 Å². The number of carbonyl (C=O) groups excluding carboxylic acids is 1. The normalized spacial score (nSPS) is 21.6. The summed E-state index contributed by atoms with van der Waals surface area (Å²) in [5.74, 6) is 0.0847. The van der Waals surface area contributed by atoms with E-state index >= 15 is 0 Å². The average molecular weight is 393 g/mol. The molecule has 2 aliphatic rings. The first-order valence-corrected chi connectivity index (χ1v) is 9.91. The number of carbonyl (C=O) groups is 1. The number of aromatic nitrogens is 2. The van der Waals surface area contributed by atoms with Crippen LogP contribution in [0.15, 0.2) is 67.0 Å². The van der Waals surface area contributed by atoms with Crippen LogP contribution in [0, 0.1) is 0 Å². The molecule has 0 bridgehead atoms. The second-order valence-corrected chi connectivity index (χ2v) is 7.95. The molecule has 4 heterocycles. The lowest BCUT2D eigenvalue weighted by Gasteiger charge is -2.38. The van der Waals surface area contributed by atoms with Gasteiger partial charge in [0, 0.05) is 37.1 Å². The van der Waals surface area contributed by atoms with Gasteiger partial charge in [0.2, 0.25) is 0 Å². The summed E-state index contributed by atoms with van der Waals surface area (Å²) in [4.78, 5) is 22.0. The molecule has 5 nitrogen and oxygen atoms in total. The minimum absolute atomic E-state index is 0.0847. The highest BCUT2D eigenvalue weighted by molar-refractivity contribution is 6.30. The van der Waals surface area contributed by atoms with E-state index in [9.17, 15) is 4.79 Å². The number of amides is 1. The van der Waals surface area contributed by atoms with Crippen LogP contribution in [0.4, 0.5) is 0 Å². The summed E-state index contributed by atoms with van der Waals surface area (Å²) in [5, 5.41) is 0.758. The molecule has 0 N–H and O–H groups in total. The number of benzene rings is 1. The van der Waals surface area contributed by atoms with Gasteiger partial charge in [-0.05, 0) is 42.0 Å². The van der Waals surface area contributed by atoms with Crippen molar-refractivity contribution in [1.82, 2.24) is 19.4 Å². The molecule has 2 aromatic heterocycles. The Morgan fingerprint density at radius 2 is 1.89 bits per heavy atom. The van der Waals surface area contributed by atoms with Gasteiger partial charge in [-0.1, -0.05) is 29.8 Å². The SMILES string of the molecule is O=C1c2cccn2C2CN(Cc3cccc(Cl)c3)CC2N1Cc1ccccn1. The van der Waals surface area contributed by atoms with Crippen LogP contribution in [0.1, 0.15) is 27.8 Å². The lowest BCUT2D eigenvalue weighted by Crippen LogP contribution is -2.49. The van der Waals surface area contributed by atoms with Crippen LogP contribution in [-0.2, 0) is 13.1 Å². The van der Waals surface area contributed by atoms with E-state index in [0.29, 0.717) is 6.54 Å². The van der Waals surface area contributed by atoms with Gasteiger partial charge in [0.05, 0.1) is 24.3 Å². The molecular weight excluding hydrogens is 372 g/mol. The summed E-state index contributed by atoms with van der Waals surface area (Å²) in [6, 6.07) is 18.1. The minimum Gasteiger partial charge on any atom is -0.337 e. The summed E-state index contributed by atoms with van der Waals surface area (Å²) >= 11 is 6.15. The van der Waals surface area contributed by atoms with Crippen molar-refractivity contribution in [3.63, 3.8) is 0 Å². The third-order valence-electron chi connectivity index (χ3n) is 5.70. The number of pyridine rings is 1. The number of fused-ring (bicyclic) bond motifs is 3. The van der Waals surface area contributed by atoms with Crippen molar-refractivity contribution in [2.24, 2.45) is 0 Å². The summed E-state index contributed by atoms with van der Waals surface area (Å²) in [5.41, 5.74) is 2.88. The van der Waals surface area contributed by atoms with E-state index in [1.807, 2.05) is 59.6 Å². The van der Waals surface area contributed by atoms with Gasteiger partial charge < -0.3 is 9.47 Å². The highest BCUT2D eigenvalue weighted by Gasteiger charge is 2.44. The van der Waals surface area contributed by atoms with Gasteiger partial charge in [0.25, 0.3) is 5.91 Å². The Bertz CT molecular complexity index is 1000. The highest BCUT2D eigenvalue weighted by atomic mass is 35.5. The molecule has 5 rings (SSSR count). The van der Waals surface area contributed by atoms with Crippen LogP contribution in [0.3, 0.4) is 0 Å². The minimum atomic E-state index is 0.0847. The van der Waals surface area contributed by atoms with Gasteiger partial charge in [-0.15, -0.1) is 0 Å². The van der Waals surface area contributed by atoms with Crippen LogP contribution in [0.25, 0.3) is 0 Å². The van der Waals surface area contributed by atoms with Gasteiger partial charge in [-0.3, -0.25) is 14.7 Å². The van der Waals surface area contributed by atoms with E-state index < -0.39 is 0 Å². The molecule has 1 saturated heterocycles. The number of rotatable bonds is 4. The summed E-state index contributed by atoms with van der Waals surface area (Å²) in [7, 11) is 0. The third-order valence-corrected chi connectivity index (χ3v) is 5.94. The Morgan fingerprint density at radius 1 is 1.00 bits per heavy atom. The number of halogens is 1. The molecule has 0 aliphatic carbocycles. The molecule has 0 radical (unpaired) electrons. The van der Waals surface area contributed by atoms with Crippen LogP contribution in [-0.4, -0.2) is 44.4 Å². The first-order valence-electron chi connectivity index (χ1n) is 9.53. The second-order valence-electron chi connectivity index (χ2n) is 7.51. The predicted octanol–water partition coefficient (Wildman–Crippen LogP) is 3.62. The smallest absolute Gasteiger partial charge is 0.271 e. The van der Waals surface area contributed by atoms with Gasteiger partial charge in [-0.25, -0.2) is 0 Å². The largest absolute Gasteiger partial charge is 0.337 e. The Labute approximate surface area is 169 Å². The topological polar surface area (TPSA) is 41.4 Å². The quantitative estimate of drug-likeness (QED) is 0.681. The lowest BCUT2D eigenvalue weighted by atomic mass is 10.1. The van der Waals surface area contributed by atoms with E-state index in [1.165, 1.54) is 5.56 Å². The standard InChI is InChI=1S/C22H21ClN4O/c23-17-6-3-5-16(11-17)12-25-14-20-21(15-25)27(13-18-7-1-2-9-24-18)22(28)19-8-4-10-26(19)20/h1-11,20-21H,12-15H2. The van der Waals surface area contributed by atoms with E-state index in [4.69, 9.17) is 11.6 Å². The van der Waals surface area contributed by atoms with Crippen molar-refractivity contribution in [2.45, 2.75) is 25.2 Å². The van der Waals surface area contributed by atoms with Crippen molar-refractivity contribution < 1.29 is 4.79 Å². The Hall–Kier alpha value is -2.63. The summed E-state index contributed by atoms with van der Waals surface area (Å²) in [6.07, 6.45) is 3.82. The molecule has 1 amide bonds. The van der Waals surface area contributed by atoms with Gasteiger partial charge >= 0.3 is 0 Å². The van der Waals surface area contributed by atoms with Crippen molar-refractivity contribution in [2.75, 3.05) is 13.1 Å². The molecular formula is C22H21ClN4O. The molecule has 2 unspecified atom stereocenters. The molecule has 2 atom stereocenters. The van der Waals surface area contributed by atoms with Gasteiger partial charge in [-0.2, -0.15) is 0 Å². The van der Waals surface area contributed by atoms with Gasteiger partial charge in [0.15, 0.2) is 0 Å². The third kappa shape index (κ3) is 3.11. The number of hydrogen-bond acceptors (Lipinski definition) is 3. The fourth-order valence-electron chi connectivity index (χ4n) is 4.47. The molecule has 0 spiro atoms. The van der Waals surface area contributed by atoms with E-state index in [1.54, 1.807) is 6.20 Å². The molecule has 6 heteroatoms. The first kappa shape index (κ1) is 17.5. The molecule has 0 saturated carbocycles. The Kier molecular flexibility index (Phi) is 4.41. The molecule has 28 heavy (non-hydrogen) atoms. The molecule has 1 fully saturated rings. The number of nitrogens with zero attached hydrogens (tertiary/aromatic N) is 4. The highest BCUT2D eigenvalue weighted by Crippen LogP contribution is 2.35. The first-order chi connectivity index (χ1) is 13.7. The van der Waals surface area contributed by atoms with Crippen molar-refractivity contribution in [1.29, 1.82) is 0 Å². The summed E-state index contributed by atoms with van der Waals surface area (Å²) in [6.45, 7) is 3.12. The zero-order valence-electron chi connectivity index (χ0n) is 15.4.